The van der Waals surface area contributed by atoms with Crippen LogP contribution >= 0.6 is 0 Å². The number of fused-ring (bicyclic) bond motifs is 1. The molecule has 0 atom stereocenters. The zero-order valence-corrected chi connectivity index (χ0v) is 9.98. The van der Waals surface area contributed by atoms with Gasteiger partial charge in [0.2, 0.25) is 5.95 Å². The normalized spacial score (nSPS) is 10.5. The number of amides is 1. The van der Waals surface area contributed by atoms with Crippen LogP contribution in [-0.4, -0.2) is 39.3 Å². The number of hydrogen-bond acceptors (Lipinski definition) is 5. The average molecular weight is 234 g/mol. The van der Waals surface area contributed by atoms with Gasteiger partial charge in [0.1, 0.15) is 5.69 Å². The van der Waals surface area contributed by atoms with Gasteiger partial charge in [-0.2, -0.15) is 9.61 Å². The molecule has 2 N–H and O–H groups in total. The van der Waals surface area contributed by atoms with E-state index in [-0.39, 0.29) is 5.91 Å². The summed E-state index contributed by atoms with van der Waals surface area (Å²) in [6, 6.07) is 1.70. The summed E-state index contributed by atoms with van der Waals surface area (Å²) >= 11 is 0. The Morgan fingerprint density at radius 2 is 2.24 bits per heavy atom. The van der Waals surface area contributed by atoms with Crippen LogP contribution in [0, 0.1) is 6.92 Å². The Balaban J connectivity index is 2.56. The summed E-state index contributed by atoms with van der Waals surface area (Å²) in [6.07, 6.45) is 0. The van der Waals surface area contributed by atoms with Gasteiger partial charge in [0, 0.05) is 13.6 Å². The minimum absolute atomic E-state index is 0.201. The number of anilines is 1. The van der Waals surface area contributed by atoms with Gasteiger partial charge >= 0.3 is 0 Å². The first-order valence-corrected chi connectivity index (χ1v) is 5.36. The zero-order valence-electron chi connectivity index (χ0n) is 9.98. The van der Waals surface area contributed by atoms with Crippen molar-refractivity contribution in [2.45, 2.75) is 13.8 Å². The third-order valence-corrected chi connectivity index (χ3v) is 2.35. The van der Waals surface area contributed by atoms with Crippen LogP contribution in [0.15, 0.2) is 6.07 Å². The molecule has 0 aromatic carbocycles. The fourth-order valence-electron chi connectivity index (χ4n) is 1.54. The van der Waals surface area contributed by atoms with Gasteiger partial charge in [-0.1, -0.05) is 0 Å². The van der Waals surface area contributed by atoms with E-state index in [0.717, 1.165) is 5.56 Å². The maximum absolute atomic E-state index is 11.7. The molecule has 1 amide bonds. The molecule has 0 bridgehead atoms. The molecule has 2 rings (SSSR count). The summed E-state index contributed by atoms with van der Waals surface area (Å²) in [6.45, 7) is 4.30. The summed E-state index contributed by atoms with van der Waals surface area (Å²) in [5, 5.41) is 17.7. The topological polar surface area (TPSA) is 84.2 Å². The van der Waals surface area contributed by atoms with E-state index >= 15 is 0 Å². The highest BCUT2D eigenvalue weighted by Crippen LogP contribution is 2.11. The maximum atomic E-state index is 11.7. The second-order valence-corrected chi connectivity index (χ2v) is 3.58. The fourth-order valence-corrected chi connectivity index (χ4v) is 1.54. The van der Waals surface area contributed by atoms with Crippen molar-refractivity contribution in [2.75, 3.05) is 18.9 Å². The van der Waals surface area contributed by atoms with Crippen LogP contribution in [0.25, 0.3) is 5.65 Å². The Morgan fingerprint density at radius 1 is 1.47 bits per heavy atom. The van der Waals surface area contributed by atoms with Gasteiger partial charge in [-0.3, -0.25) is 4.79 Å². The van der Waals surface area contributed by atoms with Crippen molar-refractivity contribution in [3.63, 3.8) is 0 Å². The smallest absolute Gasteiger partial charge is 0.271 e. The van der Waals surface area contributed by atoms with E-state index in [9.17, 15) is 4.79 Å². The van der Waals surface area contributed by atoms with Crippen LogP contribution in [0.5, 0.6) is 0 Å². The van der Waals surface area contributed by atoms with Crippen LogP contribution < -0.4 is 10.6 Å². The van der Waals surface area contributed by atoms with Gasteiger partial charge in [-0.25, -0.2) is 0 Å². The number of hydrogen-bond donors (Lipinski definition) is 2. The molecule has 2 heterocycles. The number of aromatic nitrogens is 4. The summed E-state index contributed by atoms with van der Waals surface area (Å²) in [5.41, 5.74) is 1.85. The summed E-state index contributed by atoms with van der Waals surface area (Å²) in [7, 11) is 1.73. The standard InChI is InChI=1S/C10H14N6O/c1-4-12-9(17)7-5-6(2)8-13-14-10(11-3)16(8)15-7/h5H,4H2,1-3H3,(H,11,14)(H,12,17). The van der Waals surface area contributed by atoms with E-state index < -0.39 is 0 Å². The van der Waals surface area contributed by atoms with E-state index in [1.54, 1.807) is 13.1 Å². The molecule has 0 aliphatic carbocycles. The highest BCUT2D eigenvalue weighted by atomic mass is 16.1. The van der Waals surface area contributed by atoms with E-state index in [4.69, 9.17) is 0 Å². The largest absolute Gasteiger partial charge is 0.356 e. The van der Waals surface area contributed by atoms with Gasteiger partial charge in [-0.15, -0.1) is 10.2 Å². The van der Waals surface area contributed by atoms with Crippen molar-refractivity contribution in [1.29, 1.82) is 0 Å². The second-order valence-electron chi connectivity index (χ2n) is 3.58. The first kappa shape index (κ1) is 11.3. The number of carbonyl (C=O) groups excluding carboxylic acids is 1. The highest BCUT2D eigenvalue weighted by Gasteiger charge is 2.13. The average Bonchev–Trinajstić information content (AvgIpc) is 2.72. The second kappa shape index (κ2) is 4.36. The number of nitrogens with one attached hydrogen (secondary N) is 2. The molecule has 2 aromatic heterocycles. The molecule has 7 nitrogen and oxygen atoms in total. The molecule has 2 aromatic rings. The van der Waals surface area contributed by atoms with Crippen LogP contribution in [0.4, 0.5) is 5.95 Å². The van der Waals surface area contributed by atoms with E-state index in [1.807, 2.05) is 13.8 Å². The lowest BCUT2D eigenvalue weighted by Crippen LogP contribution is -2.24. The number of carbonyl (C=O) groups is 1. The number of rotatable bonds is 3. The van der Waals surface area contributed by atoms with E-state index in [0.29, 0.717) is 23.8 Å². The van der Waals surface area contributed by atoms with Crippen LogP contribution in [0.2, 0.25) is 0 Å². The monoisotopic (exact) mass is 234 g/mol. The predicted octanol–water partition coefficient (Wildman–Crippen LogP) is 0.224. The molecule has 0 aliphatic rings. The van der Waals surface area contributed by atoms with E-state index in [1.165, 1.54) is 4.52 Å². The number of aryl methyl sites for hydroxylation is 1. The molecule has 0 fully saturated rings. The molecule has 0 aliphatic heterocycles. The SMILES string of the molecule is CCNC(=O)c1cc(C)c2nnc(NC)n2n1. The Hall–Kier alpha value is -2.18. The van der Waals surface area contributed by atoms with Gasteiger partial charge in [0.15, 0.2) is 5.65 Å². The van der Waals surface area contributed by atoms with Gasteiger partial charge in [0.05, 0.1) is 0 Å². The third kappa shape index (κ3) is 1.91. The summed E-state index contributed by atoms with van der Waals surface area (Å²) < 4.78 is 1.53. The Morgan fingerprint density at radius 3 is 2.88 bits per heavy atom. The van der Waals surface area contributed by atoms with E-state index in [2.05, 4.69) is 25.9 Å². The van der Waals surface area contributed by atoms with Gasteiger partial charge < -0.3 is 10.6 Å². The third-order valence-electron chi connectivity index (χ3n) is 2.35. The molecule has 0 unspecified atom stereocenters. The lowest BCUT2D eigenvalue weighted by molar-refractivity contribution is 0.0949. The summed E-state index contributed by atoms with van der Waals surface area (Å²) in [4.78, 5) is 11.7. The lowest BCUT2D eigenvalue weighted by Gasteiger charge is -2.04. The molecule has 17 heavy (non-hydrogen) atoms. The van der Waals surface area contributed by atoms with Crippen molar-refractivity contribution in [1.82, 2.24) is 25.1 Å². The maximum Gasteiger partial charge on any atom is 0.271 e. The molecule has 0 saturated carbocycles. The Labute approximate surface area is 98.2 Å². The quantitative estimate of drug-likeness (QED) is 0.793. The highest BCUT2D eigenvalue weighted by molar-refractivity contribution is 5.92. The minimum Gasteiger partial charge on any atom is -0.356 e. The van der Waals surface area contributed by atoms with Crippen molar-refractivity contribution >= 4 is 17.5 Å². The zero-order chi connectivity index (χ0) is 12.4. The first-order chi connectivity index (χ1) is 8.17. The van der Waals surface area contributed by atoms with Crippen LogP contribution in [0.1, 0.15) is 23.0 Å². The fraction of sp³-hybridized carbons (Fsp3) is 0.400. The van der Waals surface area contributed by atoms with Gasteiger partial charge in [-0.05, 0) is 25.5 Å². The number of nitrogens with zero attached hydrogens (tertiary/aromatic N) is 4. The molecular formula is C10H14N6O. The molecule has 90 valence electrons. The van der Waals surface area contributed by atoms with Gasteiger partial charge in [0.25, 0.3) is 5.91 Å². The molecule has 0 saturated heterocycles. The Kier molecular flexibility index (Phi) is 2.90. The molecule has 0 radical (unpaired) electrons. The lowest BCUT2D eigenvalue weighted by atomic mass is 10.2. The van der Waals surface area contributed by atoms with Crippen molar-refractivity contribution in [2.24, 2.45) is 0 Å². The minimum atomic E-state index is -0.201. The molecule has 0 spiro atoms. The molecule has 7 heteroatoms. The molecular weight excluding hydrogens is 220 g/mol. The predicted molar refractivity (Wildman–Crippen MR) is 63.1 cm³/mol. The Bertz CT molecular complexity index is 561. The van der Waals surface area contributed by atoms with Crippen LogP contribution in [-0.2, 0) is 0 Å². The van der Waals surface area contributed by atoms with Crippen molar-refractivity contribution in [3.8, 4) is 0 Å². The summed E-state index contributed by atoms with van der Waals surface area (Å²) in [5.74, 6) is 0.308. The first-order valence-electron chi connectivity index (χ1n) is 5.36. The van der Waals surface area contributed by atoms with Crippen molar-refractivity contribution in [3.05, 3.63) is 17.3 Å². The van der Waals surface area contributed by atoms with Crippen molar-refractivity contribution < 1.29 is 4.79 Å². The van der Waals surface area contributed by atoms with Crippen LogP contribution in [0.3, 0.4) is 0 Å².